The lowest BCUT2D eigenvalue weighted by Gasteiger charge is -2.28. The van der Waals surface area contributed by atoms with Gasteiger partial charge in [0.2, 0.25) is 0 Å². The summed E-state index contributed by atoms with van der Waals surface area (Å²) < 4.78 is 18.7. The molecule has 2 aliphatic rings. The minimum atomic E-state index is -0.169. The highest BCUT2D eigenvalue weighted by Gasteiger charge is 2.25. The van der Waals surface area contributed by atoms with Gasteiger partial charge < -0.3 is 10.1 Å². The second-order valence-corrected chi connectivity index (χ2v) is 4.17. The highest BCUT2D eigenvalue weighted by Crippen LogP contribution is 2.34. The Hall–Kier alpha value is -0.830. The van der Waals surface area contributed by atoms with Crippen LogP contribution in [-0.4, -0.2) is 20.2 Å². The van der Waals surface area contributed by atoms with Crippen molar-refractivity contribution in [1.29, 1.82) is 0 Å². The number of ether oxygens (including phenoxy) is 1. The van der Waals surface area contributed by atoms with E-state index in [1.54, 1.807) is 13.2 Å². The number of piperidine rings is 1. The average molecular weight is 211 g/mol. The van der Waals surface area contributed by atoms with Crippen LogP contribution in [0.4, 0.5) is 4.39 Å². The zero-order valence-corrected chi connectivity index (χ0v) is 9.18. The first-order valence-corrected chi connectivity index (χ1v) is 5.66. The third-order valence-electron chi connectivity index (χ3n) is 3.28. The summed E-state index contributed by atoms with van der Waals surface area (Å²) >= 11 is 0. The summed E-state index contributed by atoms with van der Waals surface area (Å²) in [6, 6.07) is 0. The molecule has 0 aromatic heterocycles. The predicted molar refractivity (Wildman–Crippen MR) is 58.1 cm³/mol. The Balaban J connectivity index is 2.19. The summed E-state index contributed by atoms with van der Waals surface area (Å²) in [6.07, 6.45) is 5.62. The van der Waals surface area contributed by atoms with Gasteiger partial charge in [-0.3, -0.25) is 0 Å². The van der Waals surface area contributed by atoms with Crippen molar-refractivity contribution < 1.29 is 9.13 Å². The van der Waals surface area contributed by atoms with Crippen LogP contribution in [-0.2, 0) is 4.74 Å². The van der Waals surface area contributed by atoms with Gasteiger partial charge in [0.1, 0.15) is 0 Å². The van der Waals surface area contributed by atoms with Crippen molar-refractivity contribution in [1.82, 2.24) is 5.32 Å². The van der Waals surface area contributed by atoms with E-state index >= 15 is 0 Å². The summed E-state index contributed by atoms with van der Waals surface area (Å²) in [4.78, 5) is 0. The van der Waals surface area contributed by atoms with Gasteiger partial charge in [-0.2, -0.15) is 0 Å². The second kappa shape index (κ2) is 4.79. The number of halogens is 1. The van der Waals surface area contributed by atoms with Gasteiger partial charge >= 0.3 is 0 Å². The van der Waals surface area contributed by atoms with Gasteiger partial charge in [-0.1, -0.05) is 0 Å². The zero-order chi connectivity index (χ0) is 10.7. The van der Waals surface area contributed by atoms with Crippen molar-refractivity contribution in [3.05, 3.63) is 23.2 Å². The number of rotatable bonds is 2. The quantitative estimate of drug-likeness (QED) is 0.758. The topological polar surface area (TPSA) is 21.3 Å². The van der Waals surface area contributed by atoms with Gasteiger partial charge in [0.25, 0.3) is 0 Å². The maximum atomic E-state index is 13.5. The van der Waals surface area contributed by atoms with E-state index < -0.39 is 0 Å². The van der Waals surface area contributed by atoms with Crippen LogP contribution < -0.4 is 5.32 Å². The Morgan fingerprint density at radius 2 is 2.13 bits per heavy atom. The van der Waals surface area contributed by atoms with Crippen LogP contribution in [0.15, 0.2) is 23.2 Å². The lowest BCUT2D eigenvalue weighted by atomic mass is 9.84. The van der Waals surface area contributed by atoms with Crippen molar-refractivity contribution in [2.24, 2.45) is 5.92 Å². The molecule has 1 fully saturated rings. The van der Waals surface area contributed by atoms with Crippen LogP contribution in [0.1, 0.15) is 25.7 Å². The van der Waals surface area contributed by atoms with E-state index in [9.17, 15) is 4.39 Å². The van der Waals surface area contributed by atoms with Crippen LogP contribution in [0.2, 0.25) is 0 Å². The number of hydrogen-bond acceptors (Lipinski definition) is 2. The van der Waals surface area contributed by atoms with Crippen molar-refractivity contribution in [3.8, 4) is 0 Å². The molecule has 1 saturated heterocycles. The largest absolute Gasteiger partial charge is 0.494 e. The van der Waals surface area contributed by atoms with E-state index in [1.807, 2.05) is 0 Å². The van der Waals surface area contributed by atoms with E-state index in [0.717, 1.165) is 38.8 Å². The Morgan fingerprint density at radius 1 is 1.40 bits per heavy atom. The maximum absolute atomic E-state index is 13.5. The Bertz CT molecular complexity index is 290. The van der Waals surface area contributed by atoms with Crippen molar-refractivity contribution >= 4 is 0 Å². The SMILES string of the molecule is COC1=C(C2CCNCC2)CCC=C1F. The first-order chi connectivity index (χ1) is 7.33. The van der Waals surface area contributed by atoms with E-state index in [2.05, 4.69) is 5.32 Å². The fraction of sp³-hybridized carbons (Fsp3) is 0.667. The maximum Gasteiger partial charge on any atom is 0.161 e. The van der Waals surface area contributed by atoms with Gasteiger partial charge in [-0.25, -0.2) is 4.39 Å². The van der Waals surface area contributed by atoms with Crippen molar-refractivity contribution in [2.75, 3.05) is 20.2 Å². The minimum absolute atomic E-state index is 0.169. The van der Waals surface area contributed by atoms with Crippen LogP contribution in [0.25, 0.3) is 0 Å². The Morgan fingerprint density at radius 3 is 2.80 bits per heavy atom. The molecule has 0 saturated carbocycles. The summed E-state index contributed by atoms with van der Waals surface area (Å²) in [5.74, 6) is 0.853. The normalized spacial score (nSPS) is 24.0. The number of hydrogen-bond donors (Lipinski definition) is 1. The molecular formula is C12H18FNO. The molecule has 0 spiro atoms. The molecule has 1 aliphatic heterocycles. The second-order valence-electron chi connectivity index (χ2n) is 4.17. The van der Waals surface area contributed by atoms with Crippen LogP contribution in [0.3, 0.4) is 0 Å². The molecule has 84 valence electrons. The van der Waals surface area contributed by atoms with Crippen molar-refractivity contribution in [3.63, 3.8) is 0 Å². The molecule has 1 aliphatic carbocycles. The molecule has 2 nitrogen and oxygen atoms in total. The van der Waals surface area contributed by atoms with Gasteiger partial charge in [0.05, 0.1) is 7.11 Å². The lowest BCUT2D eigenvalue weighted by molar-refractivity contribution is 0.261. The molecule has 0 bridgehead atoms. The monoisotopic (exact) mass is 211 g/mol. The van der Waals surface area contributed by atoms with Crippen LogP contribution in [0, 0.1) is 5.92 Å². The highest BCUT2D eigenvalue weighted by atomic mass is 19.1. The molecule has 0 aromatic rings. The summed E-state index contributed by atoms with van der Waals surface area (Å²) in [7, 11) is 1.56. The van der Waals surface area contributed by atoms with E-state index in [0.29, 0.717) is 11.7 Å². The first-order valence-electron chi connectivity index (χ1n) is 5.66. The summed E-state index contributed by atoms with van der Waals surface area (Å²) in [6.45, 7) is 2.08. The van der Waals surface area contributed by atoms with Gasteiger partial charge in [-0.15, -0.1) is 0 Å². The molecule has 0 radical (unpaired) electrons. The smallest absolute Gasteiger partial charge is 0.161 e. The summed E-state index contributed by atoms with van der Waals surface area (Å²) in [5.41, 5.74) is 1.19. The average Bonchev–Trinajstić information content (AvgIpc) is 2.30. The fourth-order valence-corrected chi connectivity index (χ4v) is 2.50. The van der Waals surface area contributed by atoms with Gasteiger partial charge in [-0.05, 0) is 56.3 Å². The summed E-state index contributed by atoms with van der Waals surface area (Å²) in [5, 5.41) is 3.33. The number of nitrogens with one attached hydrogen (secondary N) is 1. The number of methoxy groups -OCH3 is 1. The third-order valence-corrected chi connectivity index (χ3v) is 3.28. The van der Waals surface area contributed by atoms with E-state index in [-0.39, 0.29) is 5.83 Å². The lowest BCUT2D eigenvalue weighted by Crippen LogP contribution is -2.29. The molecule has 0 amide bonds. The Labute approximate surface area is 90.2 Å². The van der Waals surface area contributed by atoms with Crippen LogP contribution >= 0.6 is 0 Å². The van der Waals surface area contributed by atoms with Gasteiger partial charge in [0, 0.05) is 0 Å². The first kappa shape index (κ1) is 10.7. The third kappa shape index (κ3) is 2.23. The van der Waals surface area contributed by atoms with E-state index in [1.165, 1.54) is 5.57 Å². The van der Waals surface area contributed by atoms with E-state index in [4.69, 9.17) is 4.74 Å². The molecule has 1 heterocycles. The molecule has 2 rings (SSSR count). The molecule has 0 aromatic carbocycles. The standard InChI is InChI=1S/C12H18FNO/c1-15-12-10(3-2-4-11(12)13)9-5-7-14-8-6-9/h4,9,14H,2-3,5-8H2,1H3. The molecule has 1 N–H and O–H groups in total. The molecular weight excluding hydrogens is 193 g/mol. The molecule has 15 heavy (non-hydrogen) atoms. The molecule has 0 atom stereocenters. The minimum Gasteiger partial charge on any atom is -0.494 e. The van der Waals surface area contributed by atoms with Crippen LogP contribution in [0.5, 0.6) is 0 Å². The predicted octanol–water partition coefficient (Wildman–Crippen LogP) is 2.53. The number of allylic oxidation sites excluding steroid dienone is 3. The molecule has 3 heteroatoms. The highest BCUT2D eigenvalue weighted by molar-refractivity contribution is 5.31. The van der Waals surface area contributed by atoms with Crippen molar-refractivity contribution in [2.45, 2.75) is 25.7 Å². The zero-order valence-electron chi connectivity index (χ0n) is 9.18. The Kier molecular flexibility index (Phi) is 3.41. The fourth-order valence-electron chi connectivity index (χ4n) is 2.50. The van der Waals surface area contributed by atoms with Gasteiger partial charge in [0.15, 0.2) is 11.6 Å². The molecule has 0 unspecified atom stereocenters.